The number of hydrogen-bond acceptors (Lipinski definition) is 6. The number of carbonyl (C=O) groups is 1. The number of fused-ring (bicyclic) bond motifs is 1. The Labute approximate surface area is 179 Å². The van der Waals surface area contributed by atoms with Crippen molar-refractivity contribution in [3.8, 4) is 0 Å². The molecule has 3 aromatic rings. The first-order valence-corrected chi connectivity index (χ1v) is 10.9. The summed E-state index contributed by atoms with van der Waals surface area (Å²) in [6, 6.07) is 2.31. The maximum atomic E-state index is 13.3. The summed E-state index contributed by atoms with van der Waals surface area (Å²) in [5.41, 5.74) is 2.72. The third-order valence-electron chi connectivity index (χ3n) is 5.57. The van der Waals surface area contributed by atoms with Gasteiger partial charge in [0.1, 0.15) is 0 Å². The number of rotatable bonds is 6. The monoisotopic (exact) mass is 426 g/mol. The maximum absolute atomic E-state index is 13.3. The highest BCUT2D eigenvalue weighted by Gasteiger charge is 2.31. The van der Waals surface area contributed by atoms with Gasteiger partial charge in [0.2, 0.25) is 0 Å². The lowest BCUT2D eigenvalue weighted by Crippen LogP contribution is -2.25. The second kappa shape index (κ2) is 7.01. The molecule has 0 saturated heterocycles. The predicted molar refractivity (Wildman–Crippen MR) is 114 cm³/mol. The molecule has 0 spiro atoms. The fourth-order valence-electron chi connectivity index (χ4n) is 3.85. The van der Waals surface area contributed by atoms with Crippen LogP contribution in [0.3, 0.4) is 0 Å². The number of nitrogens with one attached hydrogen (secondary N) is 2. The Balaban J connectivity index is 1.47. The Hall–Kier alpha value is -2.55. The standard InChI is InChI=1S/C21H26N6O2S/c1-21(2,3)9-15-17-13(8-14(11-4-5-11)23-19(17)29-26-15)18(28)22-10-16-24-25-20(30)27(16)12-6-7-12/h8,11-12H,4-7,9-10H2,1-3H3,(H,22,28)(H,25,30). The Bertz CT molecular complexity index is 1180. The minimum atomic E-state index is -0.168. The summed E-state index contributed by atoms with van der Waals surface area (Å²) in [7, 11) is 0. The topological polar surface area (TPSA) is 102 Å². The van der Waals surface area contributed by atoms with Crippen LogP contribution in [0.15, 0.2) is 10.6 Å². The first kappa shape index (κ1) is 19.4. The fraction of sp³-hybridized carbons (Fsp3) is 0.571. The average Bonchev–Trinajstić information content (AvgIpc) is 3.61. The SMILES string of the molecule is CC(C)(C)Cc1noc2nc(C3CC3)cc(C(=O)NCc3n[nH]c(=S)n3C3CC3)c12. The van der Waals surface area contributed by atoms with Gasteiger partial charge in [-0.1, -0.05) is 25.9 Å². The van der Waals surface area contributed by atoms with Gasteiger partial charge in [-0.15, -0.1) is 0 Å². The zero-order valence-corrected chi connectivity index (χ0v) is 18.3. The lowest BCUT2D eigenvalue weighted by Gasteiger charge is -2.16. The van der Waals surface area contributed by atoms with E-state index in [4.69, 9.17) is 16.7 Å². The van der Waals surface area contributed by atoms with Crippen molar-refractivity contribution >= 4 is 29.2 Å². The van der Waals surface area contributed by atoms with Crippen molar-refractivity contribution < 1.29 is 9.32 Å². The van der Waals surface area contributed by atoms with Crippen LogP contribution in [0.4, 0.5) is 0 Å². The number of amides is 1. The smallest absolute Gasteiger partial charge is 0.259 e. The molecule has 9 heteroatoms. The molecule has 0 unspecified atom stereocenters. The zero-order valence-electron chi connectivity index (χ0n) is 17.5. The molecule has 0 radical (unpaired) electrons. The van der Waals surface area contributed by atoms with E-state index in [1.807, 2.05) is 10.6 Å². The second-order valence-electron chi connectivity index (χ2n) is 9.64. The maximum Gasteiger partial charge on any atom is 0.259 e. The molecule has 5 rings (SSSR count). The van der Waals surface area contributed by atoms with E-state index in [1.165, 1.54) is 0 Å². The van der Waals surface area contributed by atoms with Gasteiger partial charge in [-0.3, -0.25) is 14.5 Å². The first-order valence-electron chi connectivity index (χ1n) is 10.5. The first-order chi connectivity index (χ1) is 14.3. The van der Waals surface area contributed by atoms with Crippen LogP contribution in [0, 0.1) is 10.2 Å². The molecule has 0 bridgehead atoms. The molecule has 0 atom stereocenters. The van der Waals surface area contributed by atoms with Crippen molar-refractivity contribution in [2.75, 3.05) is 0 Å². The summed E-state index contributed by atoms with van der Waals surface area (Å²) in [5.74, 6) is 0.992. The Morgan fingerprint density at radius 1 is 1.33 bits per heavy atom. The highest BCUT2D eigenvalue weighted by atomic mass is 32.1. The summed E-state index contributed by atoms with van der Waals surface area (Å²) in [6.07, 6.45) is 5.09. The number of carbonyl (C=O) groups excluding carboxylic acids is 1. The van der Waals surface area contributed by atoms with Crippen LogP contribution in [-0.4, -0.2) is 30.8 Å². The van der Waals surface area contributed by atoms with Gasteiger partial charge < -0.3 is 9.84 Å². The molecule has 2 N–H and O–H groups in total. The van der Waals surface area contributed by atoms with Crippen LogP contribution < -0.4 is 5.32 Å². The minimum absolute atomic E-state index is 0.0113. The van der Waals surface area contributed by atoms with Crippen molar-refractivity contribution in [3.05, 3.63) is 33.6 Å². The number of aromatic amines is 1. The highest BCUT2D eigenvalue weighted by Crippen LogP contribution is 2.41. The molecule has 30 heavy (non-hydrogen) atoms. The molecule has 0 aromatic carbocycles. The van der Waals surface area contributed by atoms with Crippen molar-refractivity contribution in [2.24, 2.45) is 5.41 Å². The van der Waals surface area contributed by atoms with E-state index in [0.29, 0.717) is 46.4 Å². The Kier molecular flexibility index (Phi) is 4.53. The van der Waals surface area contributed by atoms with Gasteiger partial charge in [-0.05, 0) is 55.8 Å². The molecule has 2 aliphatic rings. The van der Waals surface area contributed by atoms with Crippen LogP contribution in [0.1, 0.15) is 86.0 Å². The summed E-state index contributed by atoms with van der Waals surface area (Å²) >= 11 is 5.34. The van der Waals surface area contributed by atoms with E-state index in [9.17, 15) is 4.79 Å². The lowest BCUT2D eigenvalue weighted by atomic mass is 9.89. The molecular formula is C21H26N6O2S. The van der Waals surface area contributed by atoms with Gasteiger partial charge >= 0.3 is 0 Å². The van der Waals surface area contributed by atoms with Crippen LogP contribution >= 0.6 is 12.2 Å². The Morgan fingerprint density at radius 3 is 2.77 bits per heavy atom. The van der Waals surface area contributed by atoms with Gasteiger partial charge in [-0.2, -0.15) is 5.10 Å². The Morgan fingerprint density at radius 2 is 2.10 bits per heavy atom. The van der Waals surface area contributed by atoms with Crippen molar-refractivity contribution in [1.29, 1.82) is 0 Å². The highest BCUT2D eigenvalue weighted by molar-refractivity contribution is 7.71. The molecule has 3 heterocycles. The third-order valence-corrected chi connectivity index (χ3v) is 5.86. The second-order valence-corrected chi connectivity index (χ2v) is 10.0. The third kappa shape index (κ3) is 3.78. The molecule has 1 amide bonds. The van der Waals surface area contributed by atoms with E-state index in [2.05, 4.69) is 46.4 Å². The zero-order chi connectivity index (χ0) is 21.0. The molecule has 8 nitrogen and oxygen atoms in total. The van der Waals surface area contributed by atoms with E-state index in [0.717, 1.165) is 42.9 Å². The minimum Gasteiger partial charge on any atom is -0.345 e. The summed E-state index contributed by atoms with van der Waals surface area (Å²) in [6.45, 7) is 6.73. The van der Waals surface area contributed by atoms with E-state index in [-0.39, 0.29) is 11.3 Å². The van der Waals surface area contributed by atoms with Gasteiger partial charge in [0.05, 0.1) is 23.2 Å². The number of hydrogen-bond donors (Lipinski definition) is 2. The van der Waals surface area contributed by atoms with Crippen LogP contribution in [-0.2, 0) is 13.0 Å². The summed E-state index contributed by atoms with van der Waals surface area (Å²) in [5, 5.41) is 15.1. The predicted octanol–water partition coefficient (Wildman–Crippen LogP) is 4.21. The normalized spacial score (nSPS) is 16.9. The summed E-state index contributed by atoms with van der Waals surface area (Å²) < 4.78 is 8.17. The number of pyridine rings is 1. The lowest BCUT2D eigenvalue weighted by molar-refractivity contribution is 0.0950. The molecular weight excluding hydrogens is 400 g/mol. The van der Waals surface area contributed by atoms with Gasteiger partial charge in [0.25, 0.3) is 11.6 Å². The number of nitrogens with zero attached hydrogens (tertiary/aromatic N) is 4. The molecule has 2 aliphatic carbocycles. The van der Waals surface area contributed by atoms with Crippen molar-refractivity contribution in [3.63, 3.8) is 0 Å². The van der Waals surface area contributed by atoms with Crippen LogP contribution in [0.5, 0.6) is 0 Å². The van der Waals surface area contributed by atoms with E-state index < -0.39 is 0 Å². The summed E-state index contributed by atoms with van der Waals surface area (Å²) in [4.78, 5) is 17.9. The van der Waals surface area contributed by atoms with Crippen LogP contribution in [0.25, 0.3) is 11.1 Å². The molecule has 2 saturated carbocycles. The number of H-pyrrole nitrogens is 1. The van der Waals surface area contributed by atoms with Crippen molar-refractivity contribution in [1.82, 2.24) is 30.2 Å². The van der Waals surface area contributed by atoms with Crippen molar-refractivity contribution in [2.45, 2.75) is 71.4 Å². The molecule has 3 aromatic heterocycles. The molecule has 2 fully saturated rings. The molecule has 158 valence electrons. The van der Waals surface area contributed by atoms with E-state index >= 15 is 0 Å². The molecule has 0 aliphatic heterocycles. The van der Waals surface area contributed by atoms with Crippen LogP contribution in [0.2, 0.25) is 0 Å². The van der Waals surface area contributed by atoms with E-state index in [1.54, 1.807) is 0 Å². The van der Waals surface area contributed by atoms with Gasteiger partial charge in [-0.25, -0.2) is 4.98 Å². The van der Waals surface area contributed by atoms with Gasteiger partial charge in [0, 0.05) is 17.7 Å². The quantitative estimate of drug-likeness (QED) is 0.573. The number of aromatic nitrogens is 5. The fourth-order valence-corrected chi connectivity index (χ4v) is 4.15. The largest absolute Gasteiger partial charge is 0.345 e. The van der Waals surface area contributed by atoms with Gasteiger partial charge in [0.15, 0.2) is 10.6 Å². The average molecular weight is 427 g/mol.